The summed E-state index contributed by atoms with van der Waals surface area (Å²) in [6.07, 6.45) is 0.649. The Balaban J connectivity index is 2.13. The van der Waals surface area contributed by atoms with E-state index in [1.54, 1.807) is 26.8 Å². The van der Waals surface area contributed by atoms with Gasteiger partial charge in [0.15, 0.2) is 0 Å². The van der Waals surface area contributed by atoms with E-state index < -0.39 is 23.5 Å². The lowest BCUT2D eigenvalue weighted by atomic mass is 10.1. The molecule has 0 radical (unpaired) electrons. The molecule has 0 amide bonds. The van der Waals surface area contributed by atoms with Crippen LogP contribution >= 0.6 is 22.6 Å². The number of hydrogen-bond donors (Lipinski definition) is 2. The molecule has 0 unspecified atom stereocenters. The number of carboxylic acids is 1. The van der Waals surface area contributed by atoms with Crippen LogP contribution in [-0.2, 0) is 4.74 Å². The first-order chi connectivity index (χ1) is 13.1. The summed E-state index contributed by atoms with van der Waals surface area (Å²) in [7, 11) is 0. The number of nitrogens with zero attached hydrogens (tertiary/aromatic N) is 2. The number of halogens is 2. The summed E-state index contributed by atoms with van der Waals surface area (Å²) in [5, 5.41) is 16.7. The van der Waals surface area contributed by atoms with Gasteiger partial charge >= 0.3 is 12.1 Å². The van der Waals surface area contributed by atoms with E-state index in [-0.39, 0.29) is 16.9 Å². The van der Waals surface area contributed by atoms with Crippen LogP contribution in [0.2, 0.25) is 0 Å². The third kappa shape index (κ3) is 4.08. The Bertz CT molecular complexity index is 1090. The fraction of sp³-hybridized carbons (Fsp3) is 0.211. The van der Waals surface area contributed by atoms with Gasteiger partial charge in [0, 0.05) is 8.96 Å². The van der Waals surface area contributed by atoms with Crippen LogP contribution in [0, 0.1) is 9.39 Å². The van der Waals surface area contributed by atoms with Gasteiger partial charge in [-0.3, -0.25) is 0 Å². The quantitative estimate of drug-likeness (QED) is 0.495. The molecule has 0 aliphatic rings. The number of carbonyl (C=O) groups excluding carboxylic acids is 1. The number of aromatic carboxylic acids is 1. The molecule has 7 nitrogen and oxygen atoms in total. The number of nitrogens with one attached hydrogen (secondary N) is 1. The first kappa shape index (κ1) is 20.1. The molecule has 0 spiro atoms. The molecule has 0 atom stereocenters. The number of hydrogen-bond acceptors (Lipinski definition) is 5. The van der Waals surface area contributed by atoms with Crippen LogP contribution in [0.25, 0.3) is 10.9 Å². The highest BCUT2D eigenvalue weighted by atomic mass is 127. The second-order valence-corrected chi connectivity index (χ2v) is 8.26. The second kappa shape index (κ2) is 7.38. The van der Waals surface area contributed by atoms with Crippen LogP contribution in [-0.4, -0.2) is 32.6 Å². The van der Waals surface area contributed by atoms with Gasteiger partial charge in [0.25, 0.3) is 0 Å². The molecule has 2 aromatic carbocycles. The van der Waals surface area contributed by atoms with Crippen molar-refractivity contribution in [1.82, 2.24) is 9.78 Å². The lowest BCUT2D eigenvalue weighted by Gasteiger charge is -2.19. The highest BCUT2D eigenvalue weighted by Gasteiger charge is 2.23. The molecule has 3 aromatic rings. The number of benzene rings is 2. The van der Waals surface area contributed by atoms with Crippen LogP contribution in [0.15, 0.2) is 36.5 Å². The van der Waals surface area contributed by atoms with Crippen molar-refractivity contribution >= 4 is 56.9 Å². The molecule has 1 aromatic heterocycles. The molecule has 146 valence electrons. The summed E-state index contributed by atoms with van der Waals surface area (Å²) in [6.45, 7) is 5.18. The molecule has 0 aliphatic carbocycles. The van der Waals surface area contributed by atoms with Gasteiger partial charge in [-0.1, -0.05) is 0 Å². The average Bonchev–Trinajstić information content (AvgIpc) is 3.00. The van der Waals surface area contributed by atoms with Crippen molar-refractivity contribution in [2.45, 2.75) is 26.4 Å². The maximum absolute atomic E-state index is 14.3. The zero-order chi connectivity index (χ0) is 20.6. The Hall–Kier alpha value is -2.69. The minimum Gasteiger partial charge on any atom is -0.478 e. The summed E-state index contributed by atoms with van der Waals surface area (Å²) in [5.41, 5.74) is -0.205. The van der Waals surface area contributed by atoms with Gasteiger partial charge in [-0.15, -0.1) is 0 Å². The number of anilines is 2. The van der Waals surface area contributed by atoms with Crippen molar-refractivity contribution < 1.29 is 23.8 Å². The van der Waals surface area contributed by atoms with E-state index in [9.17, 15) is 19.1 Å². The number of ether oxygens (including phenoxy) is 1. The minimum atomic E-state index is -1.19. The molecule has 1 heterocycles. The van der Waals surface area contributed by atoms with Crippen LogP contribution < -0.4 is 5.32 Å². The Labute approximate surface area is 173 Å². The van der Waals surface area contributed by atoms with Gasteiger partial charge in [-0.2, -0.15) is 9.78 Å². The summed E-state index contributed by atoms with van der Waals surface area (Å²) in [6, 6.07) is 7.33. The Morgan fingerprint density at radius 2 is 1.96 bits per heavy atom. The predicted octanol–water partition coefficient (Wildman–Crippen LogP) is 5.01. The lowest BCUT2D eigenvalue weighted by molar-refractivity contribution is 0.0522. The maximum atomic E-state index is 14.3. The van der Waals surface area contributed by atoms with E-state index in [1.807, 2.05) is 22.6 Å². The Morgan fingerprint density at radius 3 is 2.57 bits per heavy atom. The molecule has 0 bridgehead atoms. The first-order valence-corrected chi connectivity index (χ1v) is 9.34. The van der Waals surface area contributed by atoms with Crippen LogP contribution in [0.1, 0.15) is 31.1 Å². The second-order valence-electron chi connectivity index (χ2n) is 7.01. The SMILES string of the molecule is CC(C)(C)OC(=O)n1ncc2c(Nc3ccc(I)cc3F)c(C(=O)O)ccc21. The van der Waals surface area contributed by atoms with Crippen molar-refractivity contribution in [2.75, 3.05) is 5.32 Å². The normalized spacial score (nSPS) is 11.5. The zero-order valence-electron chi connectivity index (χ0n) is 15.3. The number of aromatic nitrogens is 2. The average molecular weight is 497 g/mol. The Kier molecular flexibility index (Phi) is 5.28. The Morgan fingerprint density at radius 1 is 1.25 bits per heavy atom. The van der Waals surface area contributed by atoms with Gasteiger partial charge in [-0.25, -0.2) is 14.0 Å². The van der Waals surface area contributed by atoms with Crippen LogP contribution in [0.4, 0.5) is 20.6 Å². The summed E-state index contributed by atoms with van der Waals surface area (Å²) >= 11 is 1.98. The standard InChI is InChI=1S/C19H17FIN3O4/c1-19(2,3)28-18(27)24-15-7-5-11(17(25)26)16(12(15)9-22-24)23-14-6-4-10(21)8-13(14)20/h4-9,23H,1-3H3,(H,25,26). The molecular formula is C19H17FIN3O4. The van der Waals surface area contributed by atoms with Gasteiger partial charge in [0.2, 0.25) is 0 Å². The minimum absolute atomic E-state index is 0.0748. The number of carbonyl (C=O) groups is 2. The first-order valence-electron chi connectivity index (χ1n) is 8.26. The van der Waals surface area contributed by atoms with Crippen LogP contribution in [0.5, 0.6) is 0 Å². The molecule has 2 N–H and O–H groups in total. The molecular weight excluding hydrogens is 480 g/mol. The highest BCUT2D eigenvalue weighted by Crippen LogP contribution is 2.32. The smallest absolute Gasteiger partial charge is 0.435 e. The van der Waals surface area contributed by atoms with E-state index in [4.69, 9.17) is 4.74 Å². The molecule has 0 aliphatic heterocycles. The largest absolute Gasteiger partial charge is 0.478 e. The molecule has 9 heteroatoms. The van der Waals surface area contributed by atoms with Crippen molar-refractivity contribution in [2.24, 2.45) is 0 Å². The van der Waals surface area contributed by atoms with Crippen molar-refractivity contribution in [3.8, 4) is 0 Å². The lowest BCUT2D eigenvalue weighted by Crippen LogP contribution is -2.27. The molecule has 0 saturated heterocycles. The monoisotopic (exact) mass is 497 g/mol. The van der Waals surface area contributed by atoms with Gasteiger partial charge in [0.1, 0.15) is 11.4 Å². The van der Waals surface area contributed by atoms with Crippen molar-refractivity contribution in [3.05, 3.63) is 51.5 Å². The number of carboxylic acid groups (broad SMARTS) is 1. The van der Waals surface area contributed by atoms with Crippen LogP contribution in [0.3, 0.4) is 0 Å². The molecule has 0 fully saturated rings. The summed E-state index contributed by atoms with van der Waals surface area (Å²) < 4.78 is 21.3. The number of rotatable bonds is 3. The third-order valence-corrected chi connectivity index (χ3v) is 4.41. The molecule has 28 heavy (non-hydrogen) atoms. The maximum Gasteiger partial charge on any atom is 0.435 e. The highest BCUT2D eigenvalue weighted by molar-refractivity contribution is 14.1. The topological polar surface area (TPSA) is 93.5 Å². The van der Waals surface area contributed by atoms with Crippen molar-refractivity contribution in [3.63, 3.8) is 0 Å². The van der Waals surface area contributed by atoms with E-state index in [0.29, 0.717) is 14.5 Å². The van der Waals surface area contributed by atoms with Crippen molar-refractivity contribution in [1.29, 1.82) is 0 Å². The third-order valence-electron chi connectivity index (χ3n) is 3.74. The molecule has 3 rings (SSSR count). The summed E-state index contributed by atoms with van der Waals surface area (Å²) in [4.78, 5) is 24.1. The van der Waals surface area contributed by atoms with E-state index in [1.165, 1.54) is 30.5 Å². The number of fused-ring (bicyclic) bond motifs is 1. The fourth-order valence-corrected chi connectivity index (χ4v) is 3.04. The summed E-state index contributed by atoms with van der Waals surface area (Å²) in [5.74, 6) is -1.72. The van der Waals surface area contributed by atoms with E-state index in [0.717, 1.165) is 4.68 Å². The fourth-order valence-electron chi connectivity index (χ4n) is 2.59. The van der Waals surface area contributed by atoms with Gasteiger partial charge in [-0.05, 0) is 73.7 Å². The van der Waals surface area contributed by atoms with E-state index >= 15 is 0 Å². The van der Waals surface area contributed by atoms with Gasteiger partial charge < -0.3 is 15.2 Å². The van der Waals surface area contributed by atoms with E-state index in [2.05, 4.69) is 10.4 Å². The molecule has 0 saturated carbocycles. The predicted molar refractivity (Wildman–Crippen MR) is 111 cm³/mol. The zero-order valence-corrected chi connectivity index (χ0v) is 17.4. The van der Waals surface area contributed by atoms with Gasteiger partial charge in [0.05, 0.1) is 28.7 Å².